The van der Waals surface area contributed by atoms with Crippen LogP contribution in [0.15, 0.2) is 36.4 Å². The van der Waals surface area contributed by atoms with E-state index in [9.17, 15) is 4.79 Å². The highest BCUT2D eigenvalue weighted by Gasteiger charge is 2.47. The third kappa shape index (κ3) is 2.39. The largest absolute Gasteiger partial charge is 0.318 e. The number of carbonyl (C=O) groups is 1. The Labute approximate surface area is 139 Å². The van der Waals surface area contributed by atoms with Gasteiger partial charge in [0.25, 0.3) is 0 Å². The van der Waals surface area contributed by atoms with Gasteiger partial charge in [-0.1, -0.05) is 35.3 Å². The highest BCUT2D eigenvalue weighted by atomic mass is 35.5. The maximum Gasteiger partial charge on any atom is 0.247 e. The molecule has 3 rings (SSSR count). The van der Waals surface area contributed by atoms with Crippen molar-refractivity contribution < 1.29 is 4.79 Å². The number of hydrogen-bond acceptors (Lipinski definition) is 2. The van der Waals surface area contributed by atoms with Gasteiger partial charge in [0.1, 0.15) is 6.04 Å². The number of halogens is 2. The molecule has 2 aromatic rings. The second-order valence-electron chi connectivity index (χ2n) is 5.61. The molecule has 0 spiro atoms. The number of nitrogens with zero attached hydrogens (tertiary/aromatic N) is 1. The Morgan fingerprint density at radius 3 is 2.41 bits per heavy atom. The minimum atomic E-state index is -0.583. The Morgan fingerprint density at radius 2 is 1.77 bits per heavy atom. The maximum absolute atomic E-state index is 12.3. The second-order valence-corrected chi connectivity index (χ2v) is 6.46. The van der Waals surface area contributed by atoms with Gasteiger partial charge < -0.3 is 10.6 Å². The van der Waals surface area contributed by atoms with Gasteiger partial charge in [-0.3, -0.25) is 4.79 Å². The quantitative estimate of drug-likeness (QED) is 0.843. The van der Waals surface area contributed by atoms with E-state index in [2.05, 4.69) is 0 Å². The Balaban J connectivity index is 2.02. The SMILES string of the molecule is Cc1ccc(N2C(=O)[C@H](N)[C@H]2c2ccc(Cl)cc2Cl)cc1C. The molecule has 2 N–H and O–H groups in total. The van der Waals surface area contributed by atoms with Gasteiger partial charge in [-0.25, -0.2) is 0 Å². The molecule has 3 nitrogen and oxygen atoms in total. The fourth-order valence-electron chi connectivity index (χ4n) is 2.75. The highest BCUT2D eigenvalue weighted by molar-refractivity contribution is 6.35. The lowest BCUT2D eigenvalue weighted by atomic mass is 9.88. The van der Waals surface area contributed by atoms with Crippen LogP contribution in [0.25, 0.3) is 0 Å². The standard InChI is InChI=1S/C17H16Cl2N2O/c1-9-3-5-12(7-10(9)2)21-16(15(20)17(21)22)13-6-4-11(18)8-14(13)19/h3-8,15-16H,20H2,1-2H3/t15-,16-/m1/s1. The summed E-state index contributed by atoms with van der Waals surface area (Å²) in [5, 5.41) is 1.08. The van der Waals surface area contributed by atoms with Crippen molar-refractivity contribution in [3.63, 3.8) is 0 Å². The second kappa shape index (κ2) is 5.58. The summed E-state index contributed by atoms with van der Waals surface area (Å²) in [6.07, 6.45) is 0. The van der Waals surface area contributed by atoms with E-state index in [1.54, 1.807) is 17.0 Å². The Kier molecular flexibility index (Phi) is 3.89. The molecule has 5 heteroatoms. The average Bonchev–Trinajstić information content (AvgIpc) is 2.48. The molecule has 1 saturated heterocycles. The first-order valence-electron chi connectivity index (χ1n) is 7.01. The zero-order valence-electron chi connectivity index (χ0n) is 12.3. The average molecular weight is 335 g/mol. The molecule has 22 heavy (non-hydrogen) atoms. The summed E-state index contributed by atoms with van der Waals surface area (Å²) in [5.41, 5.74) is 9.99. The van der Waals surface area contributed by atoms with E-state index in [1.807, 2.05) is 38.1 Å². The first-order valence-corrected chi connectivity index (χ1v) is 7.76. The minimum absolute atomic E-state index is 0.0979. The van der Waals surface area contributed by atoms with Gasteiger partial charge in [0.05, 0.1) is 6.04 Å². The molecule has 0 bridgehead atoms. The lowest BCUT2D eigenvalue weighted by molar-refractivity contribution is -0.126. The number of hydrogen-bond donors (Lipinski definition) is 1. The van der Waals surface area contributed by atoms with Gasteiger partial charge in [0.15, 0.2) is 0 Å². The van der Waals surface area contributed by atoms with Crippen molar-refractivity contribution in [2.45, 2.75) is 25.9 Å². The number of anilines is 1. The maximum atomic E-state index is 12.3. The molecule has 1 fully saturated rings. The fourth-order valence-corrected chi connectivity index (χ4v) is 3.27. The third-order valence-electron chi connectivity index (χ3n) is 4.19. The lowest BCUT2D eigenvalue weighted by Gasteiger charge is -2.46. The van der Waals surface area contributed by atoms with Crippen LogP contribution in [0.3, 0.4) is 0 Å². The fraction of sp³-hybridized carbons (Fsp3) is 0.235. The van der Waals surface area contributed by atoms with E-state index in [0.29, 0.717) is 10.0 Å². The summed E-state index contributed by atoms with van der Waals surface area (Å²) in [6, 6.07) is 10.3. The summed E-state index contributed by atoms with van der Waals surface area (Å²) >= 11 is 12.2. The van der Waals surface area contributed by atoms with Gasteiger partial charge in [0.2, 0.25) is 5.91 Å². The number of β-lactam (4-membered cyclic amide) rings is 1. The number of rotatable bonds is 2. The van der Waals surface area contributed by atoms with Crippen molar-refractivity contribution >= 4 is 34.8 Å². The summed E-state index contributed by atoms with van der Waals surface area (Å²) in [5.74, 6) is -0.0979. The van der Waals surface area contributed by atoms with Gasteiger partial charge in [-0.2, -0.15) is 0 Å². The Hall–Kier alpha value is -1.55. The molecule has 1 aliphatic heterocycles. The van der Waals surface area contributed by atoms with Crippen molar-refractivity contribution in [2.75, 3.05) is 4.90 Å². The van der Waals surface area contributed by atoms with Gasteiger partial charge >= 0.3 is 0 Å². The van der Waals surface area contributed by atoms with Crippen molar-refractivity contribution in [1.29, 1.82) is 0 Å². The smallest absolute Gasteiger partial charge is 0.247 e. The summed E-state index contributed by atoms with van der Waals surface area (Å²) < 4.78 is 0. The summed E-state index contributed by atoms with van der Waals surface area (Å²) in [6.45, 7) is 4.06. The number of benzene rings is 2. The van der Waals surface area contributed by atoms with E-state index in [-0.39, 0.29) is 11.9 Å². The molecule has 1 aliphatic rings. The molecule has 0 radical (unpaired) electrons. The van der Waals surface area contributed by atoms with Crippen LogP contribution in [0.4, 0.5) is 5.69 Å². The predicted molar refractivity (Wildman–Crippen MR) is 90.6 cm³/mol. The van der Waals surface area contributed by atoms with E-state index >= 15 is 0 Å². The van der Waals surface area contributed by atoms with Gasteiger partial charge in [-0.05, 0) is 54.8 Å². The van der Waals surface area contributed by atoms with Crippen LogP contribution < -0.4 is 10.6 Å². The number of aryl methyl sites for hydroxylation is 2. The van der Waals surface area contributed by atoms with Crippen molar-refractivity contribution in [1.82, 2.24) is 0 Å². The van der Waals surface area contributed by atoms with Crippen LogP contribution in [-0.2, 0) is 4.79 Å². The summed E-state index contributed by atoms with van der Waals surface area (Å²) in [7, 11) is 0. The predicted octanol–water partition coefficient (Wildman–Crippen LogP) is 4.03. The molecule has 2 aromatic carbocycles. The van der Waals surface area contributed by atoms with Crippen LogP contribution in [0.1, 0.15) is 22.7 Å². The number of carbonyl (C=O) groups excluding carboxylic acids is 1. The number of nitrogens with two attached hydrogens (primary N) is 1. The highest BCUT2D eigenvalue weighted by Crippen LogP contribution is 2.41. The molecule has 1 amide bonds. The Bertz CT molecular complexity index is 760. The van der Waals surface area contributed by atoms with E-state index in [0.717, 1.165) is 16.8 Å². The van der Waals surface area contributed by atoms with Crippen LogP contribution >= 0.6 is 23.2 Å². The molecule has 0 aromatic heterocycles. The van der Waals surface area contributed by atoms with Gasteiger partial charge in [-0.15, -0.1) is 0 Å². The molecule has 114 valence electrons. The molecule has 0 aliphatic carbocycles. The molecule has 0 unspecified atom stereocenters. The third-order valence-corrected chi connectivity index (χ3v) is 4.75. The molecule has 0 saturated carbocycles. The first-order chi connectivity index (χ1) is 10.4. The van der Waals surface area contributed by atoms with Crippen LogP contribution in [0, 0.1) is 13.8 Å². The van der Waals surface area contributed by atoms with Crippen molar-refractivity contribution in [2.24, 2.45) is 5.73 Å². The normalized spacial score (nSPS) is 21.0. The van der Waals surface area contributed by atoms with E-state index in [4.69, 9.17) is 28.9 Å². The van der Waals surface area contributed by atoms with Crippen molar-refractivity contribution in [3.8, 4) is 0 Å². The Morgan fingerprint density at radius 1 is 1.05 bits per heavy atom. The zero-order valence-corrected chi connectivity index (χ0v) is 13.8. The monoisotopic (exact) mass is 334 g/mol. The van der Waals surface area contributed by atoms with Crippen LogP contribution in [0.5, 0.6) is 0 Å². The molecule has 1 heterocycles. The topological polar surface area (TPSA) is 46.3 Å². The van der Waals surface area contributed by atoms with Crippen LogP contribution in [-0.4, -0.2) is 11.9 Å². The first kappa shape index (κ1) is 15.3. The lowest BCUT2D eigenvalue weighted by Crippen LogP contribution is -2.63. The molecule has 2 atom stereocenters. The molecular formula is C17H16Cl2N2O. The van der Waals surface area contributed by atoms with E-state index < -0.39 is 6.04 Å². The van der Waals surface area contributed by atoms with Crippen LogP contribution in [0.2, 0.25) is 10.0 Å². The van der Waals surface area contributed by atoms with Crippen molar-refractivity contribution in [3.05, 3.63) is 63.1 Å². The zero-order chi connectivity index (χ0) is 16.0. The van der Waals surface area contributed by atoms with E-state index in [1.165, 1.54) is 5.56 Å². The number of amides is 1. The minimum Gasteiger partial charge on any atom is -0.318 e. The molecular weight excluding hydrogens is 319 g/mol. The van der Waals surface area contributed by atoms with Gasteiger partial charge in [0, 0.05) is 15.7 Å². The summed E-state index contributed by atoms with van der Waals surface area (Å²) in [4.78, 5) is 14.0.